The largest absolute Gasteiger partial charge is 0.451 e. The predicted molar refractivity (Wildman–Crippen MR) is 106 cm³/mol. The molecule has 9 heteroatoms. The van der Waals surface area contributed by atoms with E-state index in [2.05, 4.69) is 10.3 Å². The van der Waals surface area contributed by atoms with Gasteiger partial charge in [-0.25, -0.2) is 9.78 Å². The molecule has 0 aromatic carbocycles. The van der Waals surface area contributed by atoms with E-state index >= 15 is 0 Å². The molecule has 0 saturated carbocycles. The Morgan fingerprint density at radius 1 is 1.32 bits per heavy atom. The Labute approximate surface area is 166 Å². The van der Waals surface area contributed by atoms with Crippen molar-refractivity contribution in [1.82, 2.24) is 14.9 Å². The van der Waals surface area contributed by atoms with Crippen molar-refractivity contribution in [3.05, 3.63) is 26.6 Å². The molecule has 8 nitrogen and oxygen atoms in total. The van der Waals surface area contributed by atoms with Crippen LogP contribution in [0.2, 0.25) is 0 Å². The molecule has 1 N–H and O–H groups in total. The molecule has 1 atom stereocenters. The summed E-state index contributed by atoms with van der Waals surface area (Å²) < 4.78 is 11.8. The third-order valence-corrected chi connectivity index (χ3v) is 5.92. The van der Waals surface area contributed by atoms with E-state index in [1.54, 1.807) is 25.5 Å². The van der Waals surface area contributed by atoms with Gasteiger partial charge in [-0.1, -0.05) is 6.42 Å². The second kappa shape index (κ2) is 8.83. The topological polar surface area (TPSA) is 99.5 Å². The fourth-order valence-corrected chi connectivity index (χ4v) is 4.49. The fourth-order valence-electron chi connectivity index (χ4n) is 3.41. The van der Waals surface area contributed by atoms with Gasteiger partial charge in [-0.15, -0.1) is 11.3 Å². The monoisotopic (exact) mass is 407 g/mol. The third kappa shape index (κ3) is 4.25. The lowest BCUT2D eigenvalue weighted by Crippen LogP contribution is -2.38. The van der Waals surface area contributed by atoms with Gasteiger partial charge in [0.05, 0.1) is 12.0 Å². The van der Waals surface area contributed by atoms with Gasteiger partial charge in [0.15, 0.2) is 6.61 Å². The lowest BCUT2D eigenvalue weighted by molar-refractivity contribution is -0.125. The highest BCUT2D eigenvalue weighted by molar-refractivity contribution is 7.20. The van der Waals surface area contributed by atoms with E-state index in [0.717, 1.165) is 42.8 Å². The fraction of sp³-hybridized carbons (Fsp3) is 0.579. The minimum atomic E-state index is -0.616. The summed E-state index contributed by atoms with van der Waals surface area (Å²) in [5.74, 6) is -0.237. The van der Waals surface area contributed by atoms with Crippen LogP contribution < -0.4 is 10.9 Å². The molecule has 0 saturated heterocycles. The average molecular weight is 407 g/mol. The van der Waals surface area contributed by atoms with Gasteiger partial charge < -0.3 is 14.8 Å². The summed E-state index contributed by atoms with van der Waals surface area (Å²) in [5, 5.41) is 3.15. The van der Waals surface area contributed by atoms with Crippen LogP contribution in [0.3, 0.4) is 0 Å². The molecule has 1 aliphatic heterocycles. The van der Waals surface area contributed by atoms with Crippen LogP contribution in [0.1, 0.15) is 47.2 Å². The van der Waals surface area contributed by atoms with Crippen molar-refractivity contribution in [3.63, 3.8) is 0 Å². The summed E-state index contributed by atoms with van der Waals surface area (Å²) in [6.07, 6.45) is 3.81. The zero-order valence-corrected chi connectivity index (χ0v) is 17.2. The molecule has 0 spiro atoms. The number of ether oxygens (including phenoxy) is 2. The number of esters is 1. The maximum Gasteiger partial charge on any atom is 0.349 e. The van der Waals surface area contributed by atoms with E-state index < -0.39 is 11.9 Å². The first-order chi connectivity index (χ1) is 13.4. The number of hydrogen-bond donors (Lipinski definition) is 1. The highest BCUT2D eigenvalue weighted by Crippen LogP contribution is 2.28. The quantitative estimate of drug-likeness (QED) is 0.733. The van der Waals surface area contributed by atoms with Gasteiger partial charge in [-0.3, -0.25) is 14.2 Å². The first-order valence-electron chi connectivity index (χ1n) is 9.40. The molecule has 28 heavy (non-hydrogen) atoms. The molecule has 1 aliphatic rings. The highest BCUT2D eigenvalue weighted by Gasteiger charge is 2.23. The number of aromatic nitrogens is 2. The number of nitrogens with zero attached hydrogens (tertiary/aromatic N) is 2. The average Bonchev–Trinajstić information content (AvgIpc) is 2.82. The van der Waals surface area contributed by atoms with E-state index in [-0.39, 0.29) is 18.2 Å². The third-order valence-electron chi connectivity index (χ3n) is 4.76. The van der Waals surface area contributed by atoms with Gasteiger partial charge in [0.25, 0.3) is 11.5 Å². The van der Waals surface area contributed by atoms with Crippen LogP contribution in [0.5, 0.6) is 0 Å². The summed E-state index contributed by atoms with van der Waals surface area (Å²) in [6.45, 7) is 4.16. The summed E-state index contributed by atoms with van der Waals surface area (Å²) in [6, 6.07) is -0.179. The normalized spacial score (nSPS) is 15.0. The van der Waals surface area contributed by atoms with Gasteiger partial charge in [-0.05, 0) is 32.3 Å². The van der Waals surface area contributed by atoms with E-state index in [1.807, 2.05) is 0 Å². The van der Waals surface area contributed by atoms with Gasteiger partial charge in [-0.2, -0.15) is 0 Å². The molecule has 3 heterocycles. The molecule has 1 unspecified atom stereocenters. The number of nitrogens with one attached hydrogen (secondary N) is 1. The second-order valence-electron chi connectivity index (χ2n) is 7.03. The number of carbonyl (C=O) groups is 2. The van der Waals surface area contributed by atoms with Crippen molar-refractivity contribution in [2.75, 3.05) is 20.3 Å². The van der Waals surface area contributed by atoms with Gasteiger partial charge in [0, 0.05) is 26.1 Å². The molecule has 0 bridgehead atoms. The minimum absolute atomic E-state index is 0.0965. The van der Waals surface area contributed by atoms with Crippen LogP contribution in [-0.2, 0) is 27.2 Å². The van der Waals surface area contributed by atoms with E-state index in [9.17, 15) is 14.4 Å². The lowest BCUT2D eigenvalue weighted by Gasteiger charge is -2.12. The number of hydrogen-bond acceptors (Lipinski definition) is 7. The second-order valence-corrected chi connectivity index (χ2v) is 8.03. The van der Waals surface area contributed by atoms with Crippen LogP contribution >= 0.6 is 11.3 Å². The Bertz CT molecular complexity index is 949. The first kappa shape index (κ1) is 20.5. The molecule has 1 amide bonds. The lowest BCUT2D eigenvalue weighted by atomic mass is 10.2. The zero-order valence-electron chi connectivity index (χ0n) is 16.4. The van der Waals surface area contributed by atoms with Gasteiger partial charge in [0.1, 0.15) is 15.5 Å². The Balaban J connectivity index is 1.79. The Kier molecular flexibility index (Phi) is 6.46. The zero-order chi connectivity index (χ0) is 20.3. The van der Waals surface area contributed by atoms with Gasteiger partial charge >= 0.3 is 5.97 Å². The number of thiophene rings is 1. The SMILES string of the molecule is COCC(C)NC(=O)COC(=O)c1sc2nc3n(c(=O)c2c1C)CCCCC3. The van der Waals surface area contributed by atoms with Crippen molar-refractivity contribution < 1.29 is 19.1 Å². The molecule has 3 rings (SSSR count). The first-order valence-corrected chi connectivity index (χ1v) is 10.2. The summed E-state index contributed by atoms with van der Waals surface area (Å²) >= 11 is 1.15. The smallest absolute Gasteiger partial charge is 0.349 e. The molecule has 0 radical (unpaired) electrons. The molecule has 0 fully saturated rings. The predicted octanol–water partition coefficient (Wildman–Crippen LogP) is 1.80. The Hall–Kier alpha value is -2.26. The Morgan fingerprint density at radius 3 is 2.86 bits per heavy atom. The molecule has 0 aliphatic carbocycles. The summed E-state index contributed by atoms with van der Waals surface area (Å²) in [4.78, 5) is 42.8. The Morgan fingerprint density at radius 2 is 2.11 bits per heavy atom. The molecule has 2 aromatic rings. The molecule has 152 valence electrons. The minimum Gasteiger partial charge on any atom is -0.451 e. The molecular formula is C19H25N3O5S. The number of methoxy groups -OCH3 is 1. The maximum atomic E-state index is 12.9. The van der Waals surface area contributed by atoms with E-state index in [0.29, 0.717) is 33.8 Å². The summed E-state index contributed by atoms with van der Waals surface area (Å²) in [5.41, 5.74) is 0.469. The number of rotatable bonds is 6. The van der Waals surface area contributed by atoms with E-state index in [1.165, 1.54) is 0 Å². The van der Waals surface area contributed by atoms with Crippen molar-refractivity contribution in [3.8, 4) is 0 Å². The molecular weight excluding hydrogens is 382 g/mol. The van der Waals surface area contributed by atoms with Crippen molar-refractivity contribution >= 4 is 33.4 Å². The van der Waals surface area contributed by atoms with Crippen molar-refractivity contribution in [2.24, 2.45) is 0 Å². The number of aryl methyl sites for hydroxylation is 2. The van der Waals surface area contributed by atoms with Crippen molar-refractivity contribution in [1.29, 1.82) is 0 Å². The van der Waals surface area contributed by atoms with Crippen molar-refractivity contribution in [2.45, 2.75) is 52.1 Å². The summed E-state index contributed by atoms with van der Waals surface area (Å²) in [7, 11) is 1.54. The number of amides is 1. The number of carbonyl (C=O) groups excluding carboxylic acids is 2. The van der Waals surface area contributed by atoms with Gasteiger partial charge in [0.2, 0.25) is 0 Å². The van der Waals surface area contributed by atoms with Crippen LogP contribution in [0.15, 0.2) is 4.79 Å². The number of fused-ring (bicyclic) bond motifs is 2. The highest BCUT2D eigenvalue weighted by atomic mass is 32.1. The maximum absolute atomic E-state index is 12.9. The van der Waals surface area contributed by atoms with Crippen LogP contribution in [0, 0.1) is 6.92 Å². The van der Waals surface area contributed by atoms with Crippen LogP contribution in [-0.4, -0.2) is 47.8 Å². The van der Waals surface area contributed by atoms with Crippen LogP contribution in [0.4, 0.5) is 0 Å². The standard InChI is InChI=1S/C19H25N3O5S/c1-11(9-26-3)20-14(23)10-27-19(25)16-12(2)15-17(28-16)21-13-7-5-4-6-8-22(13)18(15)24/h11H,4-10H2,1-3H3,(H,20,23). The molecule has 2 aromatic heterocycles. The van der Waals surface area contributed by atoms with E-state index in [4.69, 9.17) is 9.47 Å². The van der Waals surface area contributed by atoms with Crippen LogP contribution in [0.25, 0.3) is 10.2 Å².